The molecular weight excluding hydrogens is 941 g/mol. The summed E-state index contributed by atoms with van der Waals surface area (Å²) >= 11 is 0. The summed E-state index contributed by atoms with van der Waals surface area (Å²) < 4.78 is 57.6. The highest BCUT2D eigenvalue weighted by atomic mass is 28.4. The summed E-state index contributed by atoms with van der Waals surface area (Å²) in [5.41, 5.74) is 1.18. The number of fused-ring (bicyclic) bond motifs is 1. The number of aromatic nitrogens is 2. The van der Waals surface area contributed by atoms with E-state index in [4.69, 9.17) is 23.3 Å². The van der Waals surface area contributed by atoms with Crippen molar-refractivity contribution in [1.82, 2.24) is 9.97 Å². The molecule has 9 rings (SSSR count). The highest BCUT2D eigenvalue weighted by Crippen LogP contribution is 2.45. The Hall–Kier alpha value is -6.72. The largest absolute Gasteiger partial charge is 0.497 e. The molecule has 7 aromatic rings. The standard InChI is InChI=1S/C58H63F2N5O5Si2/c1-57(2,3)71(46-21-13-9-14-22-46,47-23-15-10-16-24-47)69-44-34-42(35-45(36-44)70-72(58(4,5)6,48-25-17-11-18-26-48)49-27-19-12-20-28-49)65-54-40(39-64(56(65)66)52-32-30-43(67-7)37-51(52)60)38-61-55(63-54)62-41-29-31-50(59)53(33-41)68-8/h9-33,37-38,42,44-45H,34-36,39H2,1-8H3,(H,61,62,63). The maximum Gasteiger partial charge on any atom is 0.330 e. The van der Waals surface area contributed by atoms with Gasteiger partial charge < -0.3 is 23.6 Å². The molecule has 1 aromatic heterocycles. The average Bonchev–Trinajstić information content (AvgIpc) is 3.38. The summed E-state index contributed by atoms with van der Waals surface area (Å²) in [6.45, 7) is 13.6. The van der Waals surface area contributed by atoms with Gasteiger partial charge in [-0.2, -0.15) is 4.98 Å². The van der Waals surface area contributed by atoms with Crippen molar-refractivity contribution in [3.63, 3.8) is 0 Å². The Bertz CT molecular complexity index is 2810. The number of carbonyl (C=O) groups is 1. The van der Waals surface area contributed by atoms with Gasteiger partial charge in [-0.25, -0.2) is 18.6 Å². The Labute approximate surface area is 424 Å². The molecule has 0 bridgehead atoms. The van der Waals surface area contributed by atoms with Crippen molar-refractivity contribution in [2.75, 3.05) is 29.3 Å². The molecule has 2 amide bonds. The molecular formula is C58H63F2N5O5Si2. The molecule has 1 fully saturated rings. The summed E-state index contributed by atoms with van der Waals surface area (Å²) in [5, 5.41) is 7.04. The van der Waals surface area contributed by atoms with Crippen molar-refractivity contribution in [2.24, 2.45) is 0 Å². The second kappa shape index (κ2) is 20.4. The van der Waals surface area contributed by atoms with Gasteiger partial charge in [0.25, 0.3) is 16.6 Å². The highest BCUT2D eigenvalue weighted by Gasteiger charge is 2.56. The number of methoxy groups -OCH3 is 2. The number of hydrogen-bond acceptors (Lipinski definition) is 8. The first-order valence-corrected chi connectivity index (χ1v) is 28.4. The Kier molecular flexibility index (Phi) is 14.2. The normalized spacial score (nSPS) is 17.6. The minimum absolute atomic E-state index is 0.00469. The van der Waals surface area contributed by atoms with Gasteiger partial charge in [-0.3, -0.25) is 9.80 Å². The number of urea groups is 1. The van der Waals surface area contributed by atoms with E-state index in [1.807, 2.05) is 24.3 Å². The summed E-state index contributed by atoms with van der Waals surface area (Å²) in [6.07, 6.45) is 2.16. The zero-order valence-corrected chi connectivity index (χ0v) is 44.2. The molecule has 1 aliphatic heterocycles. The van der Waals surface area contributed by atoms with Crippen LogP contribution in [-0.4, -0.2) is 65.1 Å². The van der Waals surface area contributed by atoms with Crippen LogP contribution in [0.1, 0.15) is 66.4 Å². The van der Waals surface area contributed by atoms with Crippen molar-refractivity contribution in [2.45, 2.75) is 95.7 Å². The van der Waals surface area contributed by atoms with Crippen LogP contribution in [0, 0.1) is 11.6 Å². The molecule has 372 valence electrons. The quantitative estimate of drug-likeness (QED) is 0.108. The molecule has 6 aromatic carbocycles. The fourth-order valence-corrected chi connectivity index (χ4v) is 20.3. The molecule has 2 aliphatic rings. The fourth-order valence-electron chi connectivity index (χ4n) is 10.9. The predicted octanol–water partition coefficient (Wildman–Crippen LogP) is 10.9. The number of anilines is 4. The summed E-state index contributed by atoms with van der Waals surface area (Å²) in [5.74, 6) is -0.197. The molecule has 10 nitrogen and oxygen atoms in total. The Morgan fingerprint density at radius 1 is 0.611 bits per heavy atom. The van der Waals surface area contributed by atoms with E-state index in [1.165, 1.54) is 37.3 Å². The molecule has 0 radical (unpaired) electrons. The first kappa shape index (κ1) is 50.2. The maximum atomic E-state index is 16.3. The fraction of sp³-hybridized carbons (Fsp3) is 0.293. The van der Waals surface area contributed by atoms with Crippen molar-refractivity contribution in [3.8, 4) is 11.5 Å². The number of nitrogens with one attached hydrogen (secondary N) is 1. The van der Waals surface area contributed by atoms with Crippen LogP contribution in [0.3, 0.4) is 0 Å². The number of nitrogens with zero attached hydrogens (tertiary/aromatic N) is 4. The van der Waals surface area contributed by atoms with E-state index in [1.54, 1.807) is 29.3 Å². The molecule has 0 saturated heterocycles. The summed E-state index contributed by atoms with van der Waals surface area (Å²) in [4.78, 5) is 28.7. The first-order valence-electron chi connectivity index (χ1n) is 24.5. The Morgan fingerprint density at radius 3 is 1.56 bits per heavy atom. The smallest absolute Gasteiger partial charge is 0.330 e. The average molecular weight is 1000 g/mol. The van der Waals surface area contributed by atoms with Crippen molar-refractivity contribution in [1.29, 1.82) is 0 Å². The molecule has 2 atom stereocenters. The third kappa shape index (κ3) is 9.56. The molecule has 2 unspecified atom stereocenters. The van der Waals surface area contributed by atoms with Crippen LogP contribution >= 0.6 is 0 Å². The third-order valence-corrected chi connectivity index (χ3v) is 24.4. The van der Waals surface area contributed by atoms with Crippen LogP contribution in [0.25, 0.3) is 0 Å². The van der Waals surface area contributed by atoms with E-state index < -0.39 is 52.6 Å². The number of ether oxygens (including phenoxy) is 2. The van der Waals surface area contributed by atoms with E-state index in [0.717, 1.165) is 20.7 Å². The maximum absolute atomic E-state index is 16.3. The molecule has 14 heteroatoms. The van der Waals surface area contributed by atoms with Gasteiger partial charge in [0.2, 0.25) is 5.95 Å². The number of rotatable bonds is 14. The summed E-state index contributed by atoms with van der Waals surface area (Å²) in [7, 11) is -3.52. The molecule has 1 aliphatic carbocycles. The van der Waals surface area contributed by atoms with E-state index in [-0.39, 0.29) is 34.0 Å². The van der Waals surface area contributed by atoms with Crippen molar-refractivity contribution < 1.29 is 31.9 Å². The van der Waals surface area contributed by atoms with Gasteiger partial charge in [0.15, 0.2) is 17.4 Å². The van der Waals surface area contributed by atoms with Crippen LogP contribution in [0.5, 0.6) is 11.5 Å². The number of benzene rings is 6. The van der Waals surface area contributed by atoms with Crippen LogP contribution in [0.2, 0.25) is 10.1 Å². The number of carbonyl (C=O) groups excluding carboxylic acids is 1. The van der Waals surface area contributed by atoms with Crippen LogP contribution < -0.4 is 45.3 Å². The molecule has 72 heavy (non-hydrogen) atoms. The lowest BCUT2D eigenvalue weighted by Crippen LogP contribution is -2.70. The Morgan fingerprint density at radius 2 is 1.11 bits per heavy atom. The summed E-state index contributed by atoms with van der Waals surface area (Å²) in [6, 6.07) is 50.2. The highest BCUT2D eigenvalue weighted by molar-refractivity contribution is 7.00. The van der Waals surface area contributed by atoms with Crippen molar-refractivity contribution in [3.05, 3.63) is 181 Å². The minimum Gasteiger partial charge on any atom is -0.497 e. The number of hydrogen-bond donors (Lipinski definition) is 1. The number of halogens is 2. The van der Waals surface area contributed by atoms with Gasteiger partial charge in [-0.05, 0) is 74.4 Å². The van der Waals surface area contributed by atoms with Gasteiger partial charge in [0, 0.05) is 35.6 Å². The third-order valence-electron chi connectivity index (χ3n) is 14.2. The van der Waals surface area contributed by atoms with Crippen LogP contribution in [0.4, 0.5) is 36.7 Å². The van der Waals surface area contributed by atoms with Gasteiger partial charge in [-0.15, -0.1) is 0 Å². The van der Waals surface area contributed by atoms with E-state index in [2.05, 4.69) is 149 Å². The topological polar surface area (TPSA) is 98.3 Å². The van der Waals surface area contributed by atoms with Gasteiger partial charge in [0.05, 0.1) is 38.7 Å². The Balaban J connectivity index is 1.23. The lowest BCUT2D eigenvalue weighted by atomic mass is 9.89. The van der Waals surface area contributed by atoms with Crippen molar-refractivity contribution >= 4 is 66.6 Å². The lowest BCUT2D eigenvalue weighted by Gasteiger charge is -2.51. The SMILES string of the molecule is COc1ccc(N2Cc3cnc(Nc4ccc(F)c(OC)c4)nc3N(C3CC(O[Si](c4ccccc4)(c4ccccc4)C(C)(C)C)CC(O[Si](c4ccccc4)(c4ccccc4)C(C)(C)C)C3)C2=O)c(F)c1. The number of amides is 2. The molecule has 0 spiro atoms. The molecule has 1 N–H and O–H groups in total. The van der Waals surface area contributed by atoms with E-state index >= 15 is 9.18 Å². The lowest BCUT2D eigenvalue weighted by molar-refractivity contribution is 0.0473. The van der Waals surface area contributed by atoms with Crippen LogP contribution in [-0.2, 0) is 15.4 Å². The monoisotopic (exact) mass is 1000 g/mol. The van der Waals surface area contributed by atoms with Crippen LogP contribution in [0.15, 0.2) is 164 Å². The predicted molar refractivity (Wildman–Crippen MR) is 288 cm³/mol. The van der Waals surface area contributed by atoms with Gasteiger partial charge in [0.1, 0.15) is 11.6 Å². The van der Waals surface area contributed by atoms with E-state index in [9.17, 15) is 4.39 Å². The zero-order valence-electron chi connectivity index (χ0n) is 42.2. The first-order chi connectivity index (χ1) is 34.6. The molecule has 1 saturated carbocycles. The van der Waals surface area contributed by atoms with Gasteiger partial charge >= 0.3 is 6.03 Å². The van der Waals surface area contributed by atoms with Gasteiger partial charge in [-0.1, -0.05) is 163 Å². The minimum atomic E-state index is -3.20. The second-order valence-electron chi connectivity index (χ2n) is 20.7. The second-order valence-corrected chi connectivity index (χ2v) is 29.2. The zero-order chi connectivity index (χ0) is 50.8. The molecule has 2 heterocycles. The van der Waals surface area contributed by atoms with E-state index in [0.29, 0.717) is 42.1 Å².